The average Bonchev–Trinajstić information content (AvgIpc) is 3.10. The maximum absolute atomic E-state index is 13.7. The van der Waals surface area contributed by atoms with Crippen LogP contribution in [0, 0.1) is 5.82 Å². The molecule has 0 aromatic carbocycles. The molecule has 0 radical (unpaired) electrons. The fraction of sp³-hybridized carbons (Fsp3) is 0.500. The fourth-order valence-electron chi connectivity index (χ4n) is 3.98. The maximum Gasteiger partial charge on any atom is 0.163 e. The van der Waals surface area contributed by atoms with Gasteiger partial charge in [0.15, 0.2) is 5.82 Å². The van der Waals surface area contributed by atoms with Crippen molar-refractivity contribution in [2.45, 2.75) is 58.5 Å². The van der Waals surface area contributed by atoms with Crippen LogP contribution in [0.4, 0.5) is 10.2 Å². The van der Waals surface area contributed by atoms with Crippen LogP contribution in [0.25, 0.3) is 22.4 Å². The smallest absolute Gasteiger partial charge is 0.163 e. The van der Waals surface area contributed by atoms with Gasteiger partial charge < -0.3 is 10.3 Å². The number of aryl methyl sites for hydroxylation is 1. The SMILES string of the molecule is CCc1cnc(-c2c[nH]c3ncc(F)cc23)nc1N[C@H]1CCCN(C(C)(C)C)C1. The van der Waals surface area contributed by atoms with E-state index >= 15 is 0 Å². The quantitative estimate of drug-likeness (QED) is 0.684. The molecule has 0 saturated carbocycles. The van der Waals surface area contributed by atoms with E-state index in [-0.39, 0.29) is 11.4 Å². The molecular formula is C22H29FN6. The Bertz CT molecular complexity index is 1010. The van der Waals surface area contributed by atoms with E-state index < -0.39 is 0 Å². The van der Waals surface area contributed by atoms with E-state index in [9.17, 15) is 4.39 Å². The number of fused-ring (bicyclic) bond motifs is 1. The molecule has 1 saturated heterocycles. The Labute approximate surface area is 171 Å². The third-order valence-electron chi connectivity index (χ3n) is 5.69. The van der Waals surface area contributed by atoms with Crippen molar-refractivity contribution in [2.75, 3.05) is 18.4 Å². The number of nitrogens with zero attached hydrogens (tertiary/aromatic N) is 4. The summed E-state index contributed by atoms with van der Waals surface area (Å²) in [5.74, 6) is 1.08. The largest absolute Gasteiger partial charge is 0.366 e. The van der Waals surface area contributed by atoms with Gasteiger partial charge in [0.25, 0.3) is 0 Å². The molecule has 7 heteroatoms. The molecule has 2 N–H and O–H groups in total. The van der Waals surface area contributed by atoms with Crippen LogP contribution in [0.15, 0.2) is 24.7 Å². The van der Waals surface area contributed by atoms with Gasteiger partial charge in [0, 0.05) is 47.0 Å². The van der Waals surface area contributed by atoms with Crippen molar-refractivity contribution < 1.29 is 4.39 Å². The molecule has 6 nitrogen and oxygen atoms in total. The van der Waals surface area contributed by atoms with Crippen LogP contribution in [0.5, 0.6) is 0 Å². The number of aromatic amines is 1. The third-order valence-corrected chi connectivity index (χ3v) is 5.69. The highest BCUT2D eigenvalue weighted by atomic mass is 19.1. The number of aromatic nitrogens is 4. The molecule has 4 heterocycles. The van der Waals surface area contributed by atoms with Gasteiger partial charge in [0.05, 0.1) is 6.20 Å². The zero-order valence-corrected chi connectivity index (χ0v) is 17.6. The van der Waals surface area contributed by atoms with Gasteiger partial charge in [-0.3, -0.25) is 4.90 Å². The number of halogens is 1. The standard InChI is InChI=1S/C22H29FN6/c1-5-14-10-24-21(18-12-26-20-17(18)9-15(23)11-25-20)28-19(14)27-16-7-6-8-29(13-16)22(2,3)4/h9-12,16H,5-8,13H2,1-4H3,(H,25,26)(H,24,27,28)/t16-/m0/s1. The lowest BCUT2D eigenvalue weighted by Gasteiger charge is -2.42. The lowest BCUT2D eigenvalue weighted by Crippen LogP contribution is -2.50. The number of H-pyrrole nitrogens is 1. The van der Waals surface area contributed by atoms with Crippen LogP contribution in [0.1, 0.15) is 46.1 Å². The third kappa shape index (κ3) is 4.10. The number of rotatable bonds is 4. The number of pyridine rings is 1. The first-order valence-electron chi connectivity index (χ1n) is 10.4. The Morgan fingerprint density at radius 1 is 1.28 bits per heavy atom. The van der Waals surface area contributed by atoms with E-state index in [4.69, 9.17) is 4.98 Å². The topological polar surface area (TPSA) is 69.7 Å². The summed E-state index contributed by atoms with van der Waals surface area (Å²) in [5.41, 5.74) is 2.64. The maximum atomic E-state index is 13.7. The van der Waals surface area contributed by atoms with Crippen molar-refractivity contribution in [3.05, 3.63) is 36.0 Å². The molecule has 3 aromatic heterocycles. The second-order valence-corrected chi connectivity index (χ2v) is 8.77. The van der Waals surface area contributed by atoms with Crippen molar-refractivity contribution in [3.8, 4) is 11.4 Å². The first-order valence-corrected chi connectivity index (χ1v) is 10.4. The molecule has 29 heavy (non-hydrogen) atoms. The monoisotopic (exact) mass is 396 g/mol. The Morgan fingerprint density at radius 2 is 2.10 bits per heavy atom. The predicted molar refractivity (Wildman–Crippen MR) is 114 cm³/mol. The summed E-state index contributed by atoms with van der Waals surface area (Å²) < 4.78 is 13.7. The minimum Gasteiger partial charge on any atom is -0.366 e. The Balaban J connectivity index is 1.64. The van der Waals surface area contributed by atoms with Crippen LogP contribution >= 0.6 is 0 Å². The lowest BCUT2D eigenvalue weighted by molar-refractivity contribution is 0.104. The van der Waals surface area contributed by atoms with Crippen molar-refractivity contribution in [1.29, 1.82) is 0 Å². The molecule has 1 aliphatic rings. The average molecular weight is 397 g/mol. The van der Waals surface area contributed by atoms with Crippen molar-refractivity contribution >= 4 is 16.9 Å². The predicted octanol–water partition coefficient (Wildman–Crippen LogP) is 4.40. The molecular weight excluding hydrogens is 367 g/mol. The summed E-state index contributed by atoms with van der Waals surface area (Å²) in [6.07, 6.45) is 8.02. The van der Waals surface area contributed by atoms with Gasteiger partial charge in [-0.25, -0.2) is 19.3 Å². The minimum atomic E-state index is -0.369. The summed E-state index contributed by atoms with van der Waals surface area (Å²) in [4.78, 5) is 19.1. The lowest BCUT2D eigenvalue weighted by atomic mass is 9.98. The van der Waals surface area contributed by atoms with Crippen LogP contribution in [0.2, 0.25) is 0 Å². The van der Waals surface area contributed by atoms with Gasteiger partial charge in [-0.05, 0) is 52.6 Å². The van der Waals surface area contributed by atoms with Gasteiger partial charge in [-0.15, -0.1) is 0 Å². The van der Waals surface area contributed by atoms with Crippen molar-refractivity contribution in [3.63, 3.8) is 0 Å². The van der Waals surface area contributed by atoms with E-state index in [1.54, 1.807) is 6.20 Å². The van der Waals surface area contributed by atoms with Crippen molar-refractivity contribution in [1.82, 2.24) is 24.8 Å². The molecule has 0 unspecified atom stereocenters. The summed E-state index contributed by atoms with van der Waals surface area (Å²) in [6.45, 7) is 11.0. The molecule has 154 valence electrons. The summed E-state index contributed by atoms with van der Waals surface area (Å²) in [6, 6.07) is 1.82. The highest BCUT2D eigenvalue weighted by molar-refractivity contribution is 5.91. The van der Waals surface area contributed by atoms with Crippen LogP contribution in [-0.2, 0) is 6.42 Å². The number of hydrogen-bond donors (Lipinski definition) is 2. The van der Waals surface area contributed by atoms with Crippen LogP contribution < -0.4 is 5.32 Å². The van der Waals surface area contributed by atoms with E-state index in [0.29, 0.717) is 22.9 Å². The number of anilines is 1. The van der Waals surface area contributed by atoms with E-state index in [1.165, 1.54) is 18.7 Å². The molecule has 3 aromatic rings. The van der Waals surface area contributed by atoms with Crippen LogP contribution in [-0.4, -0.2) is 49.5 Å². The van der Waals surface area contributed by atoms with E-state index in [1.807, 2.05) is 6.20 Å². The van der Waals surface area contributed by atoms with Gasteiger partial charge in [0.2, 0.25) is 0 Å². The van der Waals surface area contributed by atoms with Gasteiger partial charge in [-0.2, -0.15) is 0 Å². The Kier molecular flexibility index (Phi) is 5.25. The second kappa shape index (κ2) is 7.71. The molecule has 4 rings (SSSR count). The molecule has 1 aliphatic heterocycles. The second-order valence-electron chi connectivity index (χ2n) is 8.77. The summed E-state index contributed by atoms with van der Waals surface area (Å²) in [5, 5.41) is 4.36. The molecule has 1 atom stereocenters. The number of nitrogens with one attached hydrogen (secondary N) is 2. The van der Waals surface area contributed by atoms with Gasteiger partial charge in [0.1, 0.15) is 17.3 Å². The van der Waals surface area contributed by atoms with E-state index in [2.05, 4.69) is 52.9 Å². The van der Waals surface area contributed by atoms with Crippen LogP contribution in [0.3, 0.4) is 0 Å². The summed E-state index contributed by atoms with van der Waals surface area (Å²) >= 11 is 0. The van der Waals surface area contributed by atoms with E-state index in [0.717, 1.165) is 42.9 Å². The highest BCUT2D eigenvalue weighted by Crippen LogP contribution is 2.28. The normalized spacial score (nSPS) is 18.3. The molecule has 0 bridgehead atoms. The van der Waals surface area contributed by atoms with Gasteiger partial charge >= 0.3 is 0 Å². The van der Waals surface area contributed by atoms with Crippen molar-refractivity contribution in [2.24, 2.45) is 0 Å². The molecule has 0 amide bonds. The van der Waals surface area contributed by atoms with Gasteiger partial charge in [-0.1, -0.05) is 6.92 Å². The Hall–Kier alpha value is -2.54. The minimum absolute atomic E-state index is 0.159. The zero-order valence-electron chi connectivity index (χ0n) is 17.6. The fourth-order valence-corrected chi connectivity index (χ4v) is 3.98. The highest BCUT2D eigenvalue weighted by Gasteiger charge is 2.28. The zero-order chi connectivity index (χ0) is 20.6. The number of likely N-dealkylation sites (tertiary alicyclic amines) is 1. The number of hydrogen-bond acceptors (Lipinski definition) is 5. The molecule has 1 fully saturated rings. The first kappa shape index (κ1) is 19.8. The first-order chi connectivity index (χ1) is 13.8. The molecule has 0 spiro atoms. The summed E-state index contributed by atoms with van der Waals surface area (Å²) in [7, 11) is 0. The Morgan fingerprint density at radius 3 is 2.86 bits per heavy atom. The molecule has 0 aliphatic carbocycles. The number of piperidine rings is 1.